The minimum absolute atomic E-state index is 0.689. The molecule has 0 saturated carbocycles. The number of thiazole rings is 1. The van der Waals surface area contributed by atoms with Gasteiger partial charge in [-0.05, 0) is 55.8 Å². The van der Waals surface area contributed by atoms with Crippen LogP contribution >= 0.6 is 27.3 Å². The lowest BCUT2D eigenvalue weighted by Crippen LogP contribution is -2.29. The van der Waals surface area contributed by atoms with Gasteiger partial charge in [-0.2, -0.15) is 0 Å². The summed E-state index contributed by atoms with van der Waals surface area (Å²) in [5, 5.41) is 0. The fourth-order valence-corrected chi connectivity index (χ4v) is 3.67. The number of hydrogen-bond acceptors (Lipinski definition) is 3. The molecule has 4 heteroatoms. The molecule has 2 heterocycles. The molecular formula is C10H15BrN2S. The molecule has 0 spiro atoms. The Balaban J connectivity index is 2.11. The Morgan fingerprint density at radius 3 is 2.57 bits per heavy atom. The zero-order chi connectivity index (χ0) is 10.1. The lowest BCUT2D eigenvalue weighted by Gasteiger charge is -2.28. The molecule has 0 aliphatic carbocycles. The average Bonchev–Trinajstić information content (AvgIpc) is 2.47. The van der Waals surface area contributed by atoms with Crippen LogP contribution in [0, 0.1) is 6.92 Å². The molecule has 0 N–H and O–H groups in total. The van der Waals surface area contributed by atoms with Crippen molar-refractivity contribution in [3.05, 3.63) is 14.5 Å². The third-order valence-corrected chi connectivity index (χ3v) is 4.35. The number of hydrogen-bond donors (Lipinski definition) is 0. The number of aromatic nitrogens is 1. The maximum absolute atomic E-state index is 4.58. The second-order valence-electron chi connectivity index (χ2n) is 3.99. The summed E-state index contributed by atoms with van der Waals surface area (Å²) < 4.78 is 1.03. The molecule has 1 aliphatic rings. The van der Waals surface area contributed by atoms with Gasteiger partial charge in [0.15, 0.2) is 3.92 Å². The van der Waals surface area contributed by atoms with Gasteiger partial charge in [0.2, 0.25) is 0 Å². The second-order valence-corrected chi connectivity index (χ2v) is 6.47. The van der Waals surface area contributed by atoms with Crippen LogP contribution in [0.4, 0.5) is 0 Å². The van der Waals surface area contributed by atoms with Crippen LogP contribution in [0.5, 0.6) is 0 Å². The minimum atomic E-state index is 0.689. The van der Waals surface area contributed by atoms with E-state index in [-0.39, 0.29) is 0 Å². The highest BCUT2D eigenvalue weighted by atomic mass is 79.9. The van der Waals surface area contributed by atoms with Crippen molar-refractivity contribution in [3.8, 4) is 0 Å². The highest BCUT2D eigenvalue weighted by molar-refractivity contribution is 9.11. The molecule has 14 heavy (non-hydrogen) atoms. The zero-order valence-corrected chi connectivity index (χ0v) is 11.0. The van der Waals surface area contributed by atoms with Gasteiger partial charge < -0.3 is 4.90 Å². The molecule has 0 unspecified atom stereocenters. The molecule has 1 saturated heterocycles. The van der Waals surface area contributed by atoms with Crippen LogP contribution in [0.3, 0.4) is 0 Å². The Labute approximate surface area is 97.5 Å². The first-order chi connectivity index (χ1) is 6.66. The quantitative estimate of drug-likeness (QED) is 0.783. The van der Waals surface area contributed by atoms with Crippen LogP contribution in [0.15, 0.2) is 3.92 Å². The smallest absolute Gasteiger partial charge is 0.159 e. The molecule has 0 atom stereocenters. The van der Waals surface area contributed by atoms with Crippen molar-refractivity contribution in [3.63, 3.8) is 0 Å². The van der Waals surface area contributed by atoms with Crippen molar-refractivity contribution in [2.24, 2.45) is 0 Å². The van der Waals surface area contributed by atoms with Crippen molar-refractivity contribution in [2.45, 2.75) is 25.7 Å². The molecule has 2 nitrogen and oxygen atoms in total. The molecule has 1 aromatic heterocycles. The van der Waals surface area contributed by atoms with Crippen LogP contribution in [-0.4, -0.2) is 30.0 Å². The summed E-state index contributed by atoms with van der Waals surface area (Å²) in [4.78, 5) is 8.35. The summed E-state index contributed by atoms with van der Waals surface area (Å²) in [6.45, 7) is 4.59. The van der Waals surface area contributed by atoms with E-state index in [1.165, 1.54) is 36.5 Å². The highest BCUT2D eigenvalue weighted by Crippen LogP contribution is 2.33. The van der Waals surface area contributed by atoms with Crippen LogP contribution in [0.25, 0.3) is 0 Å². The molecular weight excluding hydrogens is 260 g/mol. The first-order valence-electron chi connectivity index (χ1n) is 4.98. The largest absolute Gasteiger partial charge is 0.306 e. The standard InChI is InChI=1S/C10H15BrN2S/c1-7-9(12-10(11)14-7)8-3-5-13(2)6-4-8/h8H,3-6H2,1-2H3. The molecule has 2 rings (SSSR count). The van der Waals surface area contributed by atoms with Gasteiger partial charge in [-0.3, -0.25) is 0 Å². The Morgan fingerprint density at radius 2 is 2.07 bits per heavy atom. The second kappa shape index (κ2) is 4.29. The van der Waals surface area contributed by atoms with Crippen LogP contribution < -0.4 is 0 Å². The number of likely N-dealkylation sites (tertiary alicyclic amines) is 1. The first kappa shape index (κ1) is 10.6. The maximum Gasteiger partial charge on any atom is 0.159 e. The van der Waals surface area contributed by atoms with Crippen molar-refractivity contribution in [2.75, 3.05) is 20.1 Å². The topological polar surface area (TPSA) is 16.1 Å². The lowest BCUT2D eigenvalue weighted by molar-refractivity contribution is 0.253. The summed E-state index contributed by atoms with van der Waals surface area (Å²) in [5.74, 6) is 0.689. The van der Waals surface area contributed by atoms with Gasteiger partial charge in [0.1, 0.15) is 0 Å². The number of rotatable bonds is 1. The van der Waals surface area contributed by atoms with E-state index in [0.717, 1.165) is 3.92 Å². The summed E-state index contributed by atoms with van der Waals surface area (Å²) in [6.07, 6.45) is 2.51. The molecule has 1 aliphatic heterocycles. The van der Waals surface area contributed by atoms with Crippen molar-refractivity contribution in [1.82, 2.24) is 9.88 Å². The number of halogens is 1. The van der Waals surface area contributed by atoms with E-state index in [1.54, 1.807) is 11.3 Å². The molecule has 78 valence electrons. The predicted octanol–water partition coefficient (Wildman–Crippen LogP) is 3.02. The molecule has 0 aromatic carbocycles. The van der Waals surface area contributed by atoms with E-state index >= 15 is 0 Å². The van der Waals surface area contributed by atoms with Gasteiger partial charge in [-0.15, -0.1) is 11.3 Å². The third-order valence-electron chi connectivity index (χ3n) is 2.91. The van der Waals surface area contributed by atoms with Gasteiger partial charge in [-0.1, -0.05) is 0 Å². The summed E-state index contributed by atoms with van der Waals surface area (Å²) in [7, 11) is 2.19. The molecule has 0 radical (unpaired) electrons. The SMILES string of the molecule is Cc1sc(Br)nc1C1CCN(C)CC1. The maximum atomic E-state index is 4.58. The van der Waals surface area contributed by atoms with Crippen molar-refractivity contribution >= 4 is 27.3 Å². The number of piperidine rings is 1. The van der Waals surface area contributed by atoms with Crippen molar-refractivity contribution < 1.29 is 0 Å². The molecule has 1 aromatic rings. The van der Waals surface area contributed by atoms with E-state index in [4.69, 9.17) is 0 Å². The lowest BCUT2D eigenvalue weighted by atomic mass is 9.93. The zero-order valence-electron chi connectivity index (χ0n) is 8.59. The van der Waals surface area contributed by atoms with Gasteiger partial charge in [0, 0.05) is 10.8 Å². The van der Waals surface area contributed by atoms with Gasteiger partial charge in [0.25, 0.3) is 0 Å². The summed E-state index contributed by atoms with van der Waals surface area (Å²) in [6, 6.07) is 0. The highest BCUT2D eigenvalue weighted by Gasteiger charge is 2.22. The Hall–Kier alpha value is 0.0700. The number of nitrogens with zero attached hydrogens (tertiary/aromatic N) is 2. The first-order valence-corrected chi connectivity index (χ1v) is 6.59. The van der Waals surface area contributed by atoms with Gasteiger partial charge in [-0.25, -0.2) is 4.98 Å². The predicted molar refractivity (Wildman–Crippen MR) is 64.0 cm³/mol. The fourth-order valence-electron chi connectivity index (χ4n) is 2.04. The van der Waals surface area contributed by atoms with E-state index < -0.39 is 0 Å². The molecule has 0 amide bonds. The Morgan fingerprint density at radius 1 is 1.43 bits per heavy atom. The van der Waals surface area contributed by atoms with E-state index in [0.29, 0.717) is 5.92 Å². The Kier molecular flexibility index (Phi) is 3.24. The fraction of sp³-hybridized carbons (Fsp3) is 0.700. The Bertz CT molecular complexity index is 316. The third kappa shape index (κ3) is 2.18. The van der Waals surface area contributed by atoms with Crippen LogP contribution in [0.1, 0.15) is 29.3 Å². The van der Waals surface area contributed by atoms with Gasteiger partial charge in [0.05, 0.1) is 5.69 Å². The molecule has 0 bridgehead atoms. The van der Waals surface area contributed by atoms with Gasteiger partial charge >= 0.3 is 0 Å². The summed E-state index contributed by atoms with van der Waals surface area (Å²) >= 11 is 5.21. The average molecular weight is 275 g/mol. The van der Waals surface area contributed by atoms with Crippen molar-refractivity contribution in [1.29, 1.82) is 0 Å². The van der Waals surface area contributed by atoms with Crippen LogP contribution in [0.2, 0.25) is 0 Å². The number of aryl methyl sites for hydroxylation is 1. The van der Waals surface area contributed by atoms with E-state index in [2.05, 4.69) is 39.8 Å². The normalized spacial score (nSPS) is 20.2. The van der Waals surface area contributed by atoms with E-state index in [9.17, 15) is 0 Å². The summed E-state index contributed by atoms with van der Waals surface area (Å²) in [5.41, 5.74) is 1.33. The van der Waals surface area contributed by atoms with E-state index in [1.807, 2.05) is 0 Å². The minimum Gasteiger partial charge on any atom is -0.306 e. The molecule has 1 fully saturated rings. The van der Waals surface area contributed by atoms with Crippen LogP contribution in [-0.2, 0) is 0 Å². The monoisotopic (exact) mass is 274 g/mol.